The molecule has 1 saturated heterocycles. The molecule has 0 bridgehead atoms. The Balaban J connectivity index is 2.43. The molecule has 0 radical (unpaired) electrons. The molecule has 0 aromatic carbocycles. The standard InChI is InChI=1S/C10H21N3O2S/c1-10(2,3)13-9(11)12-6-8-4-5-16(14,15)7-8/h8H,4-7H2,1-3H3,(H3,11,12,13). The second kappa shape index (κ2) is 4.61. The largest absolute Gasteiger partial charge is 0.370 e. The van der Waals surface area contributed by atoms with E-state index in [-0.39, 0.29) is 17.2 Å². The summed E-state index contributed by atoms with van der Waals surface area (Å²) in [6.45, 7) is 6.48. The minimum Gasteiger partial charge on any atom is -0.370 e. The van der Waals surface area contributed by atoms with Crippen LogP contribution in [0.5, 0.6) is 0 Å². The lowest BCUT2D eigenvalue weighted by molar-refractivity contribution is 0.505. The van der Waals surface area contributed by atoms with Gasteiger partial charge in [0, 0.05) is 12.1 Å². The Morgan fingerprint density at radius 1 is 1.50 bits per heavy atom. The van der Waals surface area contributed by atoms with E-state index in [1.165, 1.54) is 0 Å². The molecule has 94 valence electrons. The average molecular weight is 247 g/mol. The van der Waals surface area contributed by atoms with Gasteiger partial charge in [0.2, 0.25) is 0 Å². The molecule has 1 heterocycles. The molecular formula is C10H21N3O2S. The Labute approximate surface area is 97.4 Å². The molecular weight excluding hydrogens is 226 g/mol. The number of hydrogen-bond acceptors (Lipinski definition) is 3. The fourth-order valence-electron chi connectivity index (χ4n) is 1.67. The van der Waals surface area contributed by atoms with E-state index >= 15 is 0 Å². The summed E-state index contributed by atoms with van der Waals surface area (Å²) in [6.07, 6.45) is 0.703. The van der Waals surface area contributed by atoms with E-state index in [9.17, 15) is 8.42 Å². The van der Waals surface area contributed by atoms with Gasteiger partial charge in [0.1, 0.15) is 0 Å². The summed E-state index contributed by atoms with van der Waals surface area (Å²) in [4.78, 5) is 4.18. The van der Waals surface area contributed by atoms with Crippen LogP contribution in [0.15, 0.2) is 4.99 Å². The fraction of sp³-hybridized carbons (Fsp3) is 0.900. The van der Waals surface area contributed by atoms with Gasteiger partial charge in [-0.2, -0.15) is 0 Å². The first-order valence-corrected chi connectivity index (χ1v) is 7.29. The van der Waals surface area contributed by atoms with Crippen molar-refractivity contribution in [2.75, 3.05) is 18.1 Å². The van der Waals surface area contributed by atoms with E-state index in [1.54, 1.807) is 0 Å². The molecule has 0 aromatic heterocycles. The number of nitrogens with two attached hydrogens (primary N) is 1. The van der Waals surface area contributed by atoms with E-state index < -0.39 is 9.84 Å². The first kappa shape index (κ1) is 13.3. The molecule has 16 heavy (non-hydrogen) atoms. The lowest BCUT2D eigenvalue weighted by Crippen LogP contribution is -2.45. The van der Waals surface area contributed by atoms with Crippen LogP contribution in [-0.2, 0) is 9.84 Å². The van der Waals surface area contributed by atoms with Gasteiger partial charge in [-0.1, -0.05) is 0 Å². The molecule has 1 atom stereocenters. The van der Waals surface area contributed by atoms with E-state index in [1.807, 2.05) is 20.8 Å². The SMILES string of the molecule is CC(C)(C)NC(N)=NCC1CCS(=O)(=O)C1. The Morgan fingerprint density at radius 3 is 2.56 bits per heavy atom. The maximum atomic E-state index is 11.2. The van der Waals surface area contributed by atoms with E-state index in [0.717, 1.165) is 0 Å². The van der Waals surface area contributed by atoms with Crippen LogP contribution in [0.2, 0.25) is 0 Å². The van der Waals surface area contributed by atoms with Crippen molar-refractivity contribution in [3.63, 3.8) is 0 Å². The molecule has 0 spiro atoms. The van der Waals surface area contributed by atoms with E-state index in [0.29, 0.717) is 24.7 Å². The minimum atomic E-state index is -2.81. The lowest BCUT2D eigenvalue weighted by Gasteiger charge is -2.21. The Kier molecular flexibility index (Phi) is 3.83. The molecule has 1 aliphatic rings. The molecule has 1 rings (SSSR count). The van der Waals surface area contributed by atoms with Gasteiger partial charge in [0.15, 0.2) is 15.8 Å². The molecule has 1 aliphatic heterocycles. The van der Waals surface area contributed by atoms with Crippen molar-refractivity contribution in [1.29, 1.82) is 0 Å². The zero-order valence-electron chi connectivity index (χ0n) is 10.2. The number of nitrogens with zero attached hydrogens (tertiary/aromatic N) is 1. The predicted octanol–water partition coefficient (Wildman–Crippen LogP) is 0.124. The molecule has 1 unspecified atom stereocenters. The van der Waals surface area contributed by atoms with Gasteiger partial charge in [0.05, 0.1) is 11.5 Å². The zero-order chi connectivity index (χ0) is 12.4. The highest BCUT2D eigenvalue weighted by atomic mass is 32.2. The second-order valence-electron chi connectivity index (χ2n) is 5.37. The summed E-state index contributed by atoms with van der Waals surface area (Å²) >= 11 is 0. The highest BCUT2D eigenvalue weighted by Crippen LogP contribution is 2.18. The molecule has 0 aromatic rings. The Morgan fingerprint density at radius 2 is 2.12 bits per heavy atom. The van der Waals surface area contributed by atoms with Crippen molar-refractivity contribution in [3.8, 4) is 0 Å². The third-order valence-electron chi connectivity index (χ3n) is 2.35. The summed E-state index contributed by atoms with van der Waals surface area (Å²) < 4.78 is 22.4. The highest BCUT2D eigenvalue weighted by molar-refractivity contribution is 7.91. The van der Waals surface area contributed by atoms with Crippen LogP contribution in [0.4, 0.5) is 0 Å². The average Bonchev–Trinajstić information content (AvgIpc) is 2.39. The fourth-order valence-corrected chi connectivity index (χ4v) is 3.52. The third-order valence-corrected chi connectivity index (χ3v) is 4.19. The lowest BCUT2D eigenvalue weighted by atomic mass is 10.1. The molecule has 1 fully saturated rings. The summed E-state index contributed by atoms with van der Waals surface area (Å²) in [5.41, 5.74) is 5.58. The molecule has 0 amide bonds. The highest BCUT2D eigenvalue weighted by Gasteiger charge is 2.27. The van der Waals surface area contributed by atoms with Gasteiger partial charge in [-0.15, -0.1) is 0 Å². The summed E-state index contributed by atoms with van der Waals surface area (Å²) in [6, 6.07) is 0. The number of sulfone groups is 1. The molecule has 0 aliphatic carbocycles. The van der Waals surface area contributed by atoms with Crippen molar-refractivity contribution in [1.82, 2.24) is 5.32 Å². The second-order valence-corrected chi connectivity index (χ2v) is 7.60. The van der Waals surface area contributed by atoms with Crippen molar-refractivity contribution >= 4 is 15.8 Å². The predicted molar refractivity (Wildman–Crippen MR) is 66.1 cm³/mol. The zero-order valence-corrected chi connectivity index (χ0v) is 11.0. The Hall–Kier alpha value is -0.780. The van der Waals surface area contributed by atoms with Gasteiger partial charge in [-0.25, -0.2) is 8.42 Å². The molecule has 0 saturated carbocycles. The smallest absolute Gasteiger partial charge is 0.188 e. The van der Waals surface area contributed by atoms with Gasteiger partial charge in [-0.3, -0.25) is 4.99 Å². The van der Waals surface area contributed by atoms with Gasteiger partial charge >= 0.3 is 0 Å². The maximum absolute atomic E-state index is 11.2. The molecule has 3 N–H and O–H groups in total. The van der Waals surface area contributed by atoms with E-state index in [4.69, 9.17) is 5.73 Å². The number of rotatable bonds is 2. The van der Waals surface area contributed by atoms with Crippen LogP contribution >= 0.6 is 0 Å². The number of nitrogens with one attached hydrogen (secondary N) is 1. The summed E-state index contributed by atoms with van der Waals surface area (Å²) in [7, 11) is -2.81. The van der Waals surface area contributed by atoms with Gasteiger partial charge in [-0.05, 0) is 33.1 Å². The third kappa shape index (κ3) is 4.83. The molecule has 5 nitrogen and oxygen atoms in total. The van der Waals surface area contributed by atoms with E-state index in [2.05, 4.69) is 10.3 Å². The van der Waals surface area contributed by atoms with Crippen LogP contribution in [0.25, 0.3) is 0 Å². The first-order chi connectivity index (χ1) is 7.18. The van der Waals surface area contributed by atoms with Crippen LogP contribution in [0.1, 0.15) is 27.2 Å². The number of guanidine groups is 1. The van der Waals surface area contributed by atoms with Crippen LogP contribution in [0.3, 0.4) is 0 Å². The van der Waals surface area contributed by atoms with Crippen LogP contribution in [0, 0.1) is 5.92 Å². The number of hydrogen-bond donors (Lipinski definition) is 2. The van der Waals surface area contributed by atoms with Gasteiger partial charge in [0.25, 0.3) is 0 Å². The van der Waals surface area contributed by atoms with Crippen molar-refractivity contribution < 1.29 is 8.42 Å². The maximum Gasteiger partial charge on any atom is 0.188 e. The van der Waals surface area contributed by atoms with Crippen molar-refractivity contribution in [3.05, 3.63) is 0 Å². The van der Waals surface area contributed by atoms with Crippen molar-refractivity contribution in [2.45, 2.75) is 32.7 Å². The quantitative estimate of drug-likeness (QED) is 0.536. The Bertz CT molecular complexity index is 368. The van der Waals surface area contributed by atoms with Crippen LogP contribution < -0.4 is 11.1 Å². The first-order valence-electron chi connectivity index (χ1n) is 5.46. The summed E-state index contributed by atoms with van der Waals surface area (Å²) in [5.74, 6) is 1.06. The van der Waals surface area contributed by atoms with Gasteiger partial charge < -0.3 is 11.1 Å². The minimum absolute atomic E-state index is 0.116. The number of aliphatic imine (C=N–C) groups is 1. The molecule has 6 heteroatoms. The van der Waals surface area contributed by atoms with Crippen molar-refractivity contribution in [2.24, 2.45) is 16.6 Å². The van der Waals surface area contributed by atoms with Crippen LogP contribution in [-0.4, -0.2) is 38.0 Å². The normalized spacial score (nSPS) is 25.7. The topological polar surface area (TPSA) is 84.5 Å². The monoisotopic (exact) mass is 247 g/mol. The summed E-state index contributed by atoms with van der Waals surface area (Å²) in [5, 5.41) is 3.04.